The molecule has 0 aliphatic rings. The van der Waals surface area contributed by atoms with Crippen molar-refractivity contribution in [2.45, 2.75) is 24.8 Å². The van der Waals surface area contributed by atoms with Gasteiger partial charge in [-0.15, -0.1) is 12.4 Å². The van der Waals surface area contributed by atoms with Crippen molar-refractivity contribution >= 4 is 34.2 Å². The van der Waals surface area contributed by atoms with E-state index >= 15 is 0 Å². The Labute approximate surface area is 197 Å². The molecule has 0 fully saturated rings. The van der Waals surface area contributed by atoms with E-state index in [4.69, 9.17) is 11.1 Å². The number of aromatic nitrogens is 1. The molecule has 1 heterocycles. The van der Waals surface area contributed by atoms with Gasteiger partial charge >= 0.3 is 0 Å². The van der Waals surface area contributed by atoms with Gasteiger partial charge in [0.1, 0.15) is 5.84 Å². The predicted molar refractivity (Wildman–Crippen MR) is 129 cm³/mol. The lowest BCUT2D eigenvalue weighted by molar-refractivity contribution is -0.120. The number of nitrogen functional groups attached to an aromatic ring is 1. The van der Waals surface area contributed by atoms with E-state index in [1.54, 1.807) is 55.5 Å². The number of sulfonamides is 1. The Balaban J connectivity index is 0.00000385. The smallest absolute Gasteiger partial charge is 0.275 e. The maximum atomic E-state index is 12.8. The summed E-state index contributed by atoms with van der Waals surface area (Å²) in [7, 11) is -3.96. The predicted octanol–water partition coefficient (Wildman–Crippen LogP) is 1.65. The van der Waals surface area contributed by atoms with Crippen LogP contribution in [0.4, 0.5) is 0 Å². The number of carbonyl (C=O) groups is 1. The summed E-state index contributed by atoms with van der Waals surface area (Å²) in [5.41, 5.74) is 6.95. The van der Waals surface area contributed by atoms with Crippen LogP contribution < -0.4 is 21.4 Å². The molecule has 11 heteroatoms. The summed E-state index contributed by atoms with van der Waals surface area (Å²) in [6.07, 6.45) is 1.11. The van der Waals surface area contributed by atoms with Crippen molar-refractivity contribution in [3.63, 3.8) is 0 Å². The molecule has 0 spiro atoms. The highest BCUT2D eigenvalue weighted by atomic mass is 35.5. The monoisotopic (exact) mass is 489 g/mol. The van der Waals surface area contributed by atoms with Crippen LogP contribution in [0.15, 0.2) is 76.6 Å². The van der Waals surface area contributed by atoms with Crippen LogP contribution in [0.2, 0.25) is 0 Å². The minimum absolute atomic E-state index is 0. The number of halogens is 1. The standard InChI is InChI=1S/C22H23N5O4S.ClH/c1-15-11-12-27(26-32(30,31)18-5-3-2-4-6-18)22(29)19(15)13-20(28)25-14-16-7-9-17(10-8-16)21(23)24;/h2-12,26H,13-14H2,1H3,(H3,23,24)(H,25,28);1H. The molecular formula is C22H24ClN5O4S. The Morgan fingerprint density at radius 2 is 1.70 bits per heavy atom. The van der Waals surface area contributed by atoms with Crippen molar-refractivity contribution in [2.24, 2.45) is 5.73 Å². The molecule has 0 atom stereocenters. The van der Waals surface area contributed by atoms with Crippen LogP contribution in [0.25, 0.3) is 0 Å². The lowest BCUT2D eigenvalue weighted by Gasteiger charge is -2.13. The number of nitrogens with zero attached hydrogens (tertiary/aromatic N) is 1. The van der Waals surface area contributed by atoms with Crippen molar-refractivity contribution in [1.29, 1.82) is 5.41 Å². The van der Waals surface area contributed by atoms with Crippen LogP contribution in [0.1, 0.15) is 22.3 Å². The number of nitrogens with one attached hydrogen (secondary N) is 3. The number of pyridine rings is 1. The van der Waals surface area contributed by atoms with Crippen LogP contribution in [0.5, 0.6) is 0 Å². The molecule has 3 aromatic rings. The first kappa shape index (κ1) is 25.6. The Morgan fingerprint density at radius 3 is 2.30 bits per heavy atom. The minimum Gasteiger partial charge on any atom is -0.384 e. The van der Waals surface area contributed by atoms with E-state index in [2.05, 4.69) is 10.1 Å². The number of hydrogen-bond acceptors (Lipinski definition) is 5. The van der Waals surface area contributed by atoms with E-state index in [-0.39, 0.29) is 47.6 Å². The van der Waals surface area contributed by atoms with Gasteiger partial charge in [0.05, 0.1) is 11.3 Å². The van der Waals surface area contributed by atoms with E-state index in [0.717, 1.165) is 10.2 Å². The third-order valence-corrected chi connectivity index (χ3v) is 6.12. The van der Waals surface area contributed by atoms with Crippen LogP contribution in [0.3, 0.4) is 0 Å². The summed E-state index contributed by atoms with van der Waals surface area (Å²) in [6.45, 7) is 1.91. The highest BCUT2D eigenvalue weighted by molar-refractivity contribution is 7.92. The van der Waals surface area contributed by atoms with Crippen molar-refractivity contribution in [2.75, 3.05) is 4.83 Å². The number of aryl methyl sites for hydroxylation is 1. The summed E-state index contributed by atoms with van der Waals surface area (Å²) in [5, 5.41) is 10.1. The molecule has 1 aromatic heterocycles. The minimum atomic E-state index is -3.96. The number of amides is 1. The first-order valence-electron chi connectivity index (χ1n) is 9.66. The molecular weight excluding hydrogens is 466 g/mol. The summed E-state index contributed by atoms with van der Waals surface area (Å²) >= 11 is 0. The van der Waals surface area contributed by atoms with Crippen molar-refractivity contribution in [3.05, 3.63) is 99.5 Å². The van der Waals surface area contributed by atoms with Crippen LogP contribution >= 0.6 is 12.4 Å². The van der Waals surface area contributed by atoms with Gasteiger partial charge in [0, 0.05) is 23.9 Å². The number of nitrogens with two attached hydrogens (primary N) is 1. The van der Waals surface area contributed by atoms with Crippen LogP contribution in [-0.4, -0.2) is 24.8 Å². The zero-order valence-corrected chi connectivity index (χ0v) is 19.4. The summed E-state index contributed by atoms with van der Waals surface area (Å²) in [4.78, 5) is 27.5. The molecule has 0 aliphatic carbocycles. The zero-order valence-electron chi connectivity index (χ0n) is 17.7. The van der Waals surface area contributed by atoms with Gasteiger partial charge < -0.3 is 11.1 Å². The Bertz CT molecular complexity index is 1310. The van der Waals surface area contributed by atoms with E-state index < -0.39 is 15.6 Å². The topological polar surface area (TPSA) is 147 Å². The van der Waals surface area contributed by atoms with Crippen molar-refractivity contribution < 1.29 is 13.2 Å². The maximum absolute atomic E-state index is 12.8. The number of carbonyl (C=O) groups excluding carboxylic acids is 1. The van der Waals surface area contributed by atoms with E-state index in [9.17, 15) is 18.0 Å². The molecule has 5 N–H and O–H groups in total. The fourth-order valence-corrected chi connectivity index (χ4v) is 3.99. The highest BCUT2D eigenvalue weighted by Gasteiger charge is 2.17. The zero-order chi connectivity index (χ0) is 23.3. The molecule has 0 bridgehead atoms. The Kier molecular flexibility index (Phi) is 8.38. The van der Waals surface area contributed by atoms with Gasteiger partial charge in [-0.2, -0.15) is 8.42 Å². The molecule has 0 saturated carbocycles. The average Bonchev–Trinajstić information content (AvgIpc) is 2.78. The van der Waals surface area contributed by atoms with Crippen LogP contribution in [-0.2, 0) is 27.8 Å². The number of amidine groups is 1. The lowest BCUT2D eigenvalue weighted by atomic mass is 10.1. The molecule has 2 aromatic carbocycles. The van der Waals surface area contributed by atoms with Crippen LogP contribution in [0, 0.1) is 12.3 Å². The summed E-state index contributed by atoms with van der Waals surface area (Å²) < 4.78 is 25.9. The second-order valence-corrected chi connectivity index (χ2v) is 8.79. The SMILES string of the molecule is Cc1ccn(NS(=O)(=O)c2ccccc2)c(=O)c1CC(=O)NCc1ccc(C(=N)N)cc1.Cl. The molecule has 0 unspecified atom stereocenters. The quantitative estimate of drug-likeness (QED) is 0.280. The molecule has 0 radical (unpaired) electrons. The maximum Gasteiger partial charge on any atom is 0.275 e. The van der Waals surface area contributed by atoms with E-state index in [1.807, 2.05) is 0 Å². The average molecular weight is 490 g/mol. The van der Waals surface area contributed by atoms with Gasteiger partial charge in [0.2, 0.25) is 5.91 Å². The first-order chi connectivity index (χ1) is 15.2. The lowest BCUT2D eigenvalue weighted by Crippen LogP contribution is -2.36. The van der Waals surface area contributed by atoms with Gasteiger partial charge in [-0.05, 0) is 36.2 Å². The largest absolute Gasteiger partial charge is 0.384 e. The number of benzene rings is 2. The second kappa shape index (κ2) is 10.8. The van der Waals surface area contributed by atoms with E-state index in [1.165, 1.54) is 18.3 Å². The Hall–Kier alpha value is -3.63. The van der Waals surface area contributed by atoms with Gasteiger partial charge in [-0.3, -0.25) is 15.0 Å². The third-order valence-electron chi connectivity index (χ3n) is 4.79. The summed E-state index contributed by atoms with van der Waals surface area (Å²) in [6, 6.07) is 16.1. The van der Waals surface area contributed by atoms with Gasteiger partial charge in [-0.1, -0.05) is 42.5 Å². The van der Waals surface area contributed by atoms with E-state index in [0.29, 0.717) is 11.1 Å². The molecule has 0 aliphatic heterocycles. The first-order valence-corrected chi connectivity index (χ1v) is 11.1. The fraction of sp³-hybridized carbons (Fsp3) is 0.136. The molecule has 9 nitrogen and oxygen atoms in total. The third kappa shape index (κ3) is 6.43. The molecule has 33 heavy (non-hydrogen) atoms. The van der Waals surface area contributed by atoms with Gasteiger partial charge in [0.15, 0.2) is 0 Å². The molecule has 174 valence electrons. The normalized spacial score (nSPS) is 10.7. The molecule has 0 saturated heterocycles. The molecule has 3 rings (SSSR count). The summed E-state index contributed by atoms with van der Waals surface area (Å²) in [5.74, 6) is -0.427. The van der Waals surface area contributed by atoms with Crippen molar-refractivity contribution in [1.82, 2.24) is 9.99 Å². The fourth-order valence-electron chi connectivity index (χ4n) is 2.96. The molecule has 1 amide bonds. The number of rotatable bonds is 8. The number of hydrogen-bond donors (Lipinski definition) is 4. The Morgan fingerprint density at radius 1 is 1.06 bits per heavy atom. The highest BCUT2D eigenvalue weighted by Crippen LogP contribution is 2.09. The van der Waals surface area contributed by atoms with Gasteiger partial charge in [-0.25, -0.2) is 9.51 Å². The second-order valence-electron chi connectivity index (χ2n) is 7.12. The van der Waals surface area contributed by atoms with Crippen molar-refractivity contribution in [3.8, 4) is 0 Å². The van der Waals surface area contributed by atoms with Gasteiger partial charge in [0.25, 0.3) is 15.6 Å².